The second-order valence-corrected chi connectivity index (χ2v) is 7.28. The normalized spacial score (nSPS) is 10.4. The molecule has 0 bridgehead atoms. The van der Waals surface area contributed by atoms with Gasteiger partial charge < -0.3 is 15.4 Å². The van der Waals surface area contributed by atoms with E-state index in [-0.39, 0.29) is 11.8 Å². The van der Waals surface area contributed by atoms with E-state index in [0.29, 0.717) is 36.6 Å². The number of benzene rings is 2. The van der Waals surface area contributed by atoms with Crippen molar-refractivity contribution in [1.82, 2.24) is 10.3 Å². The maximum atomic E-state index is 12.2. The maximum absolute atomic E-state index is 12.2. The molecule has 29 heavy (non-hydrogen) atoms. The molecule has 2 amide bonds. The van der Waals surface area contributed by atoms with Gasteiger partial charge in [0.15, 0.2) is 5.13 Å². The Labute approximate surface area is 173 Å². The van der Waals surface area contributed by atoms with Gasteiger partial charge in [0.25, 0.3) is 5.91 Å². The van der Waals surface area contributed by atoms with Gasteiger partial charge in [0.1, 0.15) is 11.4 Å². The molecule has 0 saturated carbocycles. The van der Waals surface area contributed by atoms with Gasteiger partial charge in [0.2, 0.25) is 5.91 Å². The van der Waals surface area contributed by atoms with E-state index in [1.54, 1.807) is 12.5 Å². The fourth-order valence-corrected chi connectivity index (χ4v) is 3.43. The average molecular weight is 410 g/mol. The Balaban J connectivity index is 1.42. The Morgan fingerprint density at radius 3 is 2.45 bits per heavy atom. The first-order valence-corrected chi connectivity index (χ1v) is 10.2. The number of thiazole rings is 1. The van der Waals surface area contributed by atoms with Gasteiger partial charge in [-0.3, -0.25) is 9.59 Å². The lowest BCUT2D eigenvalue weighted by Crippen LogP contribution is -2.26. The first-order valence-electron chi connectivity index (χ1n) is 9.34. The number of anilines is 1. The lowest BCUT2D eigenvalue weighted by molar-refractivity contribution is -0.116. The highest BCUT2D eigenvalue weighted by molar-refractivity contribution is 7.14. The second-order valence-electron chi connectivity index (χ2n) is 6.43. The molecule has 7 heteroatoms. The Morgan fingerprint density at radius 2 is 1.72 bits per heavy atom. The van der Waals surface area contributed by atoms with Crippen molar-refractivity contribution in [2.75, 3.05) is 19.0 Å². The number of rotatable bonds is 9. The minimum atomic E-state index is -0.250. The van der Waals surface area contributed by atoms with Gasteiger partial charge in [-0.2, -0.15) is 0 Å². The van der Waals surface area contributed by atoms with E-state index in [9.17, 15) is 9.59 Å². The largest absolute Gasteiger partial charge is 0.497 e. The third-order valence-electron chi connectivity index (χ3n) is 4.33. The number of hydrogen-bond donors (Lipinski definition) is 2. The molecule has 2 aromatic carbocycles. The third kappa shape index (κ3) is 6.43. The summed E-state index contributed by atoms with van der Waals surface area (Å²) in [7, 11) is 1.63. The molecule has 0 fully saturated rings. The van der Waals surface area contributed by atoms with Crippen molar-refractivity contribution in [2.24, 2.45) is 0 Å². The van der Waals surface area contributed by atoms with Gasteiger partial charge >= 0.3 is 0 Å². The molecular weight excluding hydrogens is 386 g/mol. The van der Waals surface area contributed by atoms with Gasteiger partial charge in [-0.15, -0.1) is 11.3 Å². The molecule has 1 heterocycles. The highest BCUT2D eigenvalue weighted by atomic mass is 32.1. The number of aryl methyl sites for hydroxylation is 1. The lowest BCUT2D eigenvalue weighted by atomic mass is 10.1. The number of nitrogens with zero attached hydrogens (tertiary/aromatic N) is 1. The van der Waals surface area contributed by atoms with Crippen LogP contribution in [0.5, 0.6) is 5.75 Å². The van der Waals surface area contributed by atoms with E-state index in [1.807, 2.05) is 54.6 Å². The van der Waals surface area contributed by atoms with Gasteiger partial charge in [0.05, 0.1) is 7.11 Å². The molecule has 3 aromatic rings. The highest BCUT2D eigenvalue weighted by Gasteiger charge is 2.12. The summed E-state index contributed by atoms with van der Waals surface area (Å²) in [5.41, 5.74) is 2.53. The topological polar surface area (TPSA) is 80.3 Å². The van der Waals surface area contributed by atoms with Crippen LogP contribution in [0.4, 0.5) is 5.13 Å². The molecule has 6 nitrogen and oxygen atoms in total. The second kappa shape index (κ2) is 10.4. The van der Waals surface area contributed by atoms with Gasteiger partial charge in [0, 0.05) is 18.3 Å². The third-order valence-corrected chi connectivity index (χ3v) is 5.08. The molecule has 2 N–H and O–H groups in total. The molecule has 0 aliphatic rings. The van der Waals surface area contributed by atoms with Crippen molar-refractivity contribution in [3.63, 3.8) is 0 Å². The van der Waals surface area contributed by atoms with Crippen molar-refractivity contribution in [1.29, 1.82) is 0 Å². The first-order chi connectivity index (χ1) is 14.1. The van der Waals surface area contributed by atoms with Crippen LogP contribution in [-0.2, 0) is 17.6 Å². The number of carbonyl (C=O) groups excluding carboxylic acids is 2. The van der Waals surface area contributed by atoms with E-state index in [1.165, 1.54) is 11.3 Å². The van der Waals surface area contributed by atoms with Crippen LogP contribution < -0.4 is 15.4 Å². The zero-order valence-electron chi connectivity index (χ0n) is 16.2. The number of aromatic nitrogens is 1. The Hall–Kier alpha value is -3.19. The van der Waals surface area contributed by atoms with E-state index in [0.717, 1.165) is 16.9 Å². The highest BCUT2D eigenvalue weighted by Crippen LogP contribution is 2.16. The van der Waals surface area contributed by atoms with Crippen molar-refractivity contribution >= 4 is 28.3 Å². The van der Waals surface area contributed by atoms with E-state index >= 15 is 0 Å². The van der Waals surface area contributed by atoms with E-state index < -0.39 is 0 Å². The fraction of sp³-hybridized carbons (Fsp3) is 0.227. The summed E-state index contributed by atoms with van der Waals surface area (Å²) >= 11 is 1.24. The molecule has 0 saturated heterocycles. The molecule has 0 unspecified atom stereocenters. The zero-order chi connectivity index (χ0) is 20.5. The van der Waals surface area contributed by atoms with Crippen molar-refractivity contribution in [2.45, 2.75) is 19.3 Å². The number of methoxy groups -OCH3 is 1. The van der Waals surface area contributed by atoms with Crippen LogP contribution in [0.2, 0.25) is 0 Å². The molecule has 150 valence electrons. The quantitative estimate of drug-likeness (QED) is 0.565. The van der Waals surface area contributed by atoms with Crippen LogP contribution in [0.1, 0.15) is 28.0 Å². The number of hydrogen-bond acceptors (Lipinski definition) is 5. The standard InChI is InChI=1S/C22H23N3O3S/c1-28-18-10-7-17(8-11-18)13-14-23-21(27)19-15-29-22(24-19)25-20(26)12-9-16-5-3-2-4-6-16/h2-8,10-11,15H,9,12-14H2,1H3,(H,23,27)(H,24,25,26). The summed E-state index contributed by atoms with van der Waals surface area (Å²) in [6.07, 6.45) is 1.74. The summed E-state index contributed by atoms with van der Waals surface area (Å²) in [4.78, 5) is 28.5. The van der Waals surface area contributed by atoms with E-state index in [2.05, 4.69) is 15.6 Å². The maximum Gasteiger partial charge on any atom is 0.270 e. The molecule has 0 atom stereocenters. The first kappa shape index (κ1) is 20.5. The summed E-state index contributed by atoms with van der Waals surface area (Å²) in [6, 6.07) is 17.6. The predicted octanol–water partition coefficient (Wildman–Crippen LogP) is 3.70. The molecule has 1 aromatic heterocycles. The minimum absolute atomic E-state index is 0.116. The minimum Gasteiger partial charge on any atom is -0.497 e. The SMILES string of the molecule is COc1ccc(CCNC(=O)c2csc(NC(=O)CCc3ccccc3)n2)cc1. The summed E-state index contributed by atoms with van der Waals surface area (Å²) in [5, 5.41) is 7.69. The molecule has 0 radical (unpaired) electrons. The zero-order valence-corrected chi connectivity index (χ0v) is 17.0. The number of nitrogens with one attached hydrogen (secondary N) is 2. The predicted molar refractivity (Wildman–Crippen MR) is 115 cm³/mol. The summed E-state index contributed by atoms with van der Waals surface area (Å²) < 4.78 is 5.13. The Kier molecular flexibility index (Phi) is 7.35. The van der Waals surface area contributed by atoms with Crippen LogP contribution in [-0.4, -0.2) is 30.5 Å². The molecule has 0 aliphatic carbocycles. The van der Waals surface area contributed by atoms with Gasteiger partial charge in [-0.05, 0) is 36.1 Å². The van der Waals surface area contributed by atoms with Crippen LogP contribution in [0.15, 0.2) is 60.0 Å². The van der Waals surface area contributed by atoms with E-state index in [4.69, 9.17) is 4.74 Å². The fourth-order valence-electron chi connectivity index (χ4n) is 2.72. The Bertz CT molecular complexity index is 939. The van der Waals surface area contributed by atoms with Crippen molar-refractivity contribution < 1.29 is 14.3 Å². The number of amides is 2. The van der Waals surface area contributed by atoms with Crippen molar-refractivity contribution in [3.05, 3.63) is 76.8 Å². The van der Waals surface area contributed by atoms with Gasteiger partial charge in [-0.25, -0.2) is 4.98 Å². The lowest BCUT2D eigenvalue weighted by Gasteiger charge is -2.05. The summed E-state index contributed by atoms with van der Waals surface area (Å²) in [5.74, 6) is 0.438. The number of carbonyl (C=O) groups is 2. The van der Waals surface area contributed by atoms with Crippen LogP contribution >= 0.6 is 11.3 Å². The summed E-state index contributed by atoms with van der Waals surface area (Å²) in [6.45, 7) is 0.501. The smallest absolute Gasteiger partial charge is 0.270 e. The average Bonchev–Trinajstić information content (AvgIpc) is 3.22. The molecule has 3 rings (SSSR count). The van der Waals surface area contributed by atoms with Crippen molar-refractivity contribution in [3.8, 4) is 5.75 Å². The molecule has 0 aliphatic heterocycles. The molecular formula is C22H23N3O3S. The van der Waals surface area contributed by atoms with Crippen LogP contribution in [0.25, 0.3) is 0 Å². The number of ether oxygens (including phenoxy) is 1. The molecule has 0 spiro atoms. The van der Waals surface area contributed by atoms with Gasteiger partial charge in [-0.1, -0.05) is 42.5 Å². The van der Waals surface area contributed by atoms with Crippen LogP contribution in [0.3, 0.4) is 0 Å². The monoisotopic (exact) mass is 409 g/mol. The van der Waals surface area contributed by atoms with Crippen LogP contribution in [0, 0.1) is 0 Å². The Morgan fingerprint density at radius 1 is 1.00 bits per heavy atom.